The van der Waals surface area contributed by atoms with E-state index in [4.69, 9.17) is 16.0 Å². The number of aromatic nitrogens is 2. The van der Waals surface area contributed by atoms with Gasteiger partial charge in [-0.25, -0.2) is 14.8 Å². The fourth-order valence-corrected chi connectivity index (χ4v) is 2.18. The maximum absolute atomic E-state index is 11.9. The number of nitrogens with zero attached hydrogens (tertiary/aromatic N) is 2. The minimum Gasteiger partial charge on any atom is -0.507 e. The Labute approximate surface area is 136 Å². The zero-order valence-electron chi connectivity index (χ0n) is 12.1. The predicted molar refractivity (Wildman–Crippen MR) is 87.1 cm³/mol. The van der Waals surface area contributed by atoms with Gasteiger partial charge in [-0.15, -0.1) is 0 Å². The highest BCUT2D eigenvalue weighted by atomic mass is 35.5. The Morgan fingerprint density at radius 1 is 1.22 bits per heavy atom. The molecular formula is C16H12ClN3O3. The molecule has 0 saturated carbocycles. The molecule has 116 valence electrons. The number of benzene rings is 1. The molecule has 2 N–H and O–H groups in total. The van der Waals surface area contributed by atoms with E-state index >= 15 is 0 Å². The summed E-state index contributed by atoms with van der Waals surface area (Å²) in [6.07, 6.45) is 1.49. The quantitative estimate of drug-likeness (QED) is 0.764. The molecule has 2 heterocycles. The van der Waals surface area contributed by atoms with E-state index in [2.05, 4.69) is 15.3 Å². The number of nitrogens with one attached hydrogen (secondary N) is 1. The number of hydrogen-bond acceptors (Lipinski definition) is 6. The predicted octanol–water partition coefficient (Wildman–Crippen LogP) is 3.51. The summed E-state index contributed by atoms with van der Waals surface area (Å²) >= 11 is 5.84. The molecule has 0 atom stereocenters. The summed E-state index contributed by atoms with van der Waals surface area (Å²) in [5.41, 5.74) is 0.352. The third-order valence-electron chi connectivity index (χ3n) is 3.07. The molecule has 6 nitrogen and oxygen atoms in total. The third-order valence-corrected chi connectivity index (χ3v) is 3.32. The van der Waals surface area contributed by atoms with Crippen LogP contribution in [0, 0.1) is 6.92 Å². The molecule has 0 fully saturated rings. The van der Waals surface area contributed by atoms with Crippen LogP contribution in [0.2, 0.25) is 5.02 Å². The van der Waals surface area contributed by atoms with Crippen molar-refractivity contribution < 1.29 is 9.52 Å². The first-order chi connectivity index (χ1) is 11.0. The Bertz CT molecular complexity index is 907. The molecule has 0 amide bonds. The molecule has 3 aromatic rings. The van der Waals surface area contributed by atoms with Gasteiger partial charge in [-0.3, -0.25) is 0 Å². The summed E-state index contributed by atoms with van der Waals surface area (Å²) in [4.78, 5) is 20.3. The van der Waals surface area contributed by atoms with Gasteiger partial charge >= 0.3 is 5.63 Å². The standard InChI is InChI=1S/C16H12ClN3O3/c1-9-8-13(21)14(15(22)23-9)12-6-7-18-16(20-12)19-11-4-2-10(17)3-5-11/h2-8,21H,1H3,(H,18,19,20). The van der Waals surface area contributed by atoms with Gasteiger partial charge in [-0.2, -0.15) is 0 Å². The van der Waals surface area contributed by atoms with Gasteiger partial charge in [0.1, 0.15) is 17.1 Å². The largest absolute Gasteiger partial charge is 0.507 e. The van der Waals surface area contributed by atoms with Crippen LogP contribution in [0.5, 0.6) is 5.75 Å². The Balaban J connectivity index is 1.97. The number of aryl methyl sites for hydroxylation is 1. The first kappa shape index (κ1) is 15.1. The average Bonchev–Trinajstić information content (AvgIpc) is 2.49. The zero-order chi connectivity index (χ0) is 16.4. The zero-order valence-corrected chi connectivity index (χ0v) is 12.8. The Morgan fingerprint density at radius 2 is 1.96 bits per heavy atom. The summed E-state index contributed by atoms with van der Waals surface area (Å²) in [6.45, 7) is 1.58. The van der Waals surface area contributed by atoms with Crippen LogP contribution in [-0.4, -0.2) is 15.1 Å². The molecule has 0 aliphatic rings. The van der Waals surface area contributed by atoms with E-state index in [-0.39, 0.29) is 23.0 Å². The van der Waals surface area contributed by atoms with Gasteiger partial charge in [0.25, 0.3) is 0 Å². The summed E-state index contributed by atoms with van der Waals surface area (Å²) in [5.74, 6) is 0.420. The monoisotopic (exact) mass is 329 g/mol. The van der Waals surface area contributed by atoms with Crippen molar-refractivity contribution >= 4 is 23.2 Å². The van der Waals surface area contributed by atoms with Gasteiger partial charge in [-0.05, 0) is 37.3 Å². The van der Waals surface area contributed by atoms with Crippen molar-refractivity contribution in [1.29, 1.82) is 0 Å². The number of anilines is 2. The lowest BCUT2D eigenvalue weighted by molar-refractivity contribution is 0.438. The summed E-state index contributed by atoms with van der Waals surface area (Å²) < 4.78 is 5.00. The van der Waals surface area contributed by atoms with Crippen molar-refractivity contribution in [1.82, 2.24) is 9.97 Å². The van der Waals surface area contributed by atoms with E-state index in [0.717, 1.165) is 5.69 Å². The first-order valence-corrected chi connectivity index (χ1v) is 7.10. The van der Waals surface area contributed by atoms with Gasteiger partial charge in [-0.1, -0.05) is 11.6 Å². The Kier molecular flexibility index (Phi) is 3.99. The van der Waals surface area contributed by atoms with Crippen molar-refractivity contribution in [2.45, 2.75) is 6.92 Å². The third kappa shape index (κ3) is 3.32. The maximum Gasteiger partial charge on any atom is 0.349 e. The van der Waals surface area contributed by atoms with E-state index < -0.39 is 5.63 Å². The van der Waals surface area contributed by atoms with Gasteiger partial charge < -0.3 is 14.8 Å². The van der Waals surface area contributed by atoms with Crippen LogP contribution in [0.25, 0.3) is 11.3 Å². The molecule has 3 rings (SSSR count). The average molecular weight is 330 g/mol. The minimum absolute atomic E-state index is 0.00263. The molecule has 23 heavy (non-hydrogen) atoms. The summed E-state index contributed by atoms with van der Waals surface area (Å²) in [6, 6.07) is 9.90. The van der Waals surface area contributed by atoms with Crippen LogP contribution in [0.1, 0.15) is 5.76 Å². The van der Waals surface area contributed by atoms with Crippen molar-refractivity contribution in [2.24, 2.45) is 0 Å². The van der Waals surface area contributed by atoms with E-state index in [9.17, 15) is 9.90 Å². The maximum atomic E-state index is 11.9. The van der Waals surface area contributed by atoms with Crippen molar-refractivity contribution in [3.63, 3.8) is 0 Å². The van der Waals surface area contributed by atoms with Crippen LogP contribution >= 0.6 is 11.6 Å². The smallest absolute Gasteiger partial charge is 0.349 e. The van der Waals surface area contributed by atoms with E-state index in [1.54, 1.807) is 31.2 Å². The second kappa shape index (κ2) is 6.10. The van der Waals surface area contributed by atoms with Crippen molar-refractivity contribution in [3.05, 3.63) is 63.8 Å². The second-order valence-electron chi connectivity index (χ2n) is 4.80. The van der Waals surface area contributed by atoms with Crippen LogP contribution in [0.15, 0.2) is 51.8 Å². The van der Waals surface area contributed by atoms with E-state index in [0.29, 0.717) is 10.8 Å². The number of hydrogen-bond donors (Lipinski definition) is 2. The molecule has 7 heteroatoms. The topological polar surface area (TPSA) is 88.3 Å². The lowest BCUT2D eigenvalue weighted by Gasteiger charge is -2.07. The highest BCUT2D eigenvalue weighted by molar-refractivity contribution is 6.30. The SMILES string of the molecule is Cc1cc(O)c(-c2ccnc(Nc3ccc(Cl)cc3)n2)c(=O)o1. The van der Waals surface area contributed by atoms with Crippen molar-refractivity contribution in [2.75, 3.05) is 5.32 Å². The van der Waals surface area contributed by atoms with Crippen LogP contribution < -0.4 is 10.9 Å². The summed E-state index contributed by atoms with van der Waals surface area (Å²) in [7, 11) is 0. The minimum atomic E-state index is -0.654. The van der Waals surface area contributed by atoms with Crippen molar-refractivity contribution in [3.8, 4) is 17.0 Å². The van der Waals surface area contributed by atoms with Crippen LogP contribution in [0.3, 0.4) is 0 Å². The fourth-order valence-electron chi connectivity index (χ4n) is 2.05. The van der Waals surface area contributed by atoms with E-state index in [1.807, 2.05) is 0 Å². The Morgan fingerprint density at radius 3 is 2.65 bits per heavy atom. The molecule has 0 spiro atoms. The van der Waals surface area contributed by atoms with Gasteiger partial charge in [0.2, 0.25) is 5.95 Å². The summed E-state index contributed by atoms with van der Waals surface area (Å²) in [5, 5.41) is 13.6. The molecule has 0 radical (unpaired) electrons. The highest BCUT2D eigenvalue weighted by Crippen LogP contribution is 2.25. The molecule has 1 aromatic carbocycles. The van der Waals surface area contributed by atoms with Crippen LogP contribution in [0.4, 0.5) is 11.6 Å². The van der Waals surface area contributed by atoms with Crippen LogP contribution in [-0.2, 0) is 0 Å². The van der Waals surface area contributed by atoms with E-state index in [1.165, 1.54) is 18.3 Å². The normalized spacial score (nSPS) is 10.5. The lowest BCUT2D eigenvalue weighted by atomic mass is 10.2. The Hall–Kier alpha value is -2.86. The lowest BCUT2D eigenvalue weighted by Crippen LogP contribution is -2.06. The number of halogens is 1. The fraction of sp³-hybridized carbons (Fsp3) is 0.0625. The first-order valence-electron chi connectivity index (χ1n) is 6.72. The van der Waals surface area contributed by atoms with Gasteiger partial charge in [0, 0.05) is 23.0 Å². The number of rotatable bonds is 3. The highest BCUT2D eigenvalue weighted by Gasteiger charge is 2.14. The molecule has 2 aromatic heterocycles. The molecule has 0 bridgehead atoms. The molecule has 0 aliphatic heterocycles. The molecule has 0 aliphatic carbocycles. The van der Waals surface area contributed by atoms with Gasteiger partial charge in [0.05, 0.1) is 5.69 Å². The second-order valence-corrected chi connectivity index (χ2v) is 5.24. The molecule has 0 saturated heterocycles. The van der Waals surface area contributed by atoms with Gasteiger partial charge in [0.15, 0.2) is 0 Å². The number of aromatic hydroxyl groups is 1. The molecular weight excluding hydrogens is 318 g/mol. The molecule has 0 unspecified atom stereocenters.